The first-order valence-electron chi connectivity index (χ1n) is 8.48. The van der Waals surface area contributed by atoms with Crippen molar-refractivity contribution in [3.63, 3.8) is 0 Å². The lowest BCUT2D eigenvalue weighted by Gasteiger charge is -2.25. The highest BCUT2D eigenvalue weighted by Crippen LogP contribution is 2.08. The van der Waals surface area contributed by atoms with E-state index in [0.29, 0.717) is 12.8 Å². The molecule has 10 heteroatoms. The smallest absolute Gasteiger partial charge is 0.322 e. The molecule has 6 N–H and O–H groups in total. The van der Waals surface area contributed by atoms with Gasteiger partial charge in [-0.05, 0) is 31.3 Å². The molecule has 0 aliphatic rings. The third kappa shape index (κ3) is 9.04. The van der Waals surface area contributed by atoms with Gasteiger partial charge >= 0.3 is 5.97 Å². The number of rotatable bonds is 12. The molecule has 0 rings (SSSR count). The number of amides is 3. The fourth-order valence-corrected chi connectivity index (χ4v) is 2.50. The Bertz CT molecular complexity index is 503. The number of aliphatic carboxylic acids is 1. The predicted octanol–water partition coefficient (Wildman–Crippen LogP) is -0.697. The van der Waals surface area contributed by atoms with E-state index in [1.165, 1.54) is 6.92 Å². The molecule has 0 aromatic rings. The van der Waals surface area contributed by atoms with Crippen LogP contribution in [0.2, 0.25) is 0 Å². The lowest BCUT2D eigenvalue weighted by molar-refractivity contribution is -0.139. The fourth-order valence-electron chi connectivity index (χ4n) is 2.01. The molecule has 26 heavy (non-hydrogen) atoms. The molecule has 9 nitrogen and oxygen atoms in total. The quantitative estimate of drug-likeness (QED) is 0.296. The van der Waals surface area contributed by atoms with E-state index < -0.39 is 48.4 Å². The van der Waals surface area contributed by atoms with E-state index in [-0.39, 0.29) is 5.92 Å². The van der Waals surface area contributed by atoms with Gasteiger partial charge in [-0.15, -0.1) is 0 Å². The molecule has 0 bridgehead atoms. The maximum Gasteiger partial charge on any atom is 0.322 e. The maximum absolute atomic E-state index is 12.3. The van der Waals surface area contributed by atoms with E-state index in [9.17, 15) is 19.2 Å². The molecule has 0 saturated carbocycles. The lowest BCUT2D eigenvalue weighted by atomic mass is 9.98. The van der Waals surface area contributed by atoms with Gasteiger partial charge in [-0.1, -0.05) is 20.3 Å². The van der Waals surface area contributed by atoms with Crippen LogP contribution in [-0.4, -0.2) is 65.5 Å². The Morgan fingerprint density at radius 2 is 1.69 bits per heavy atom. The van der Waals surface area contributed by atoms with Crippen molar-refractivity contribution in [2.75, 3.05) is 18.6 Å². The highest BCUT2D eigenvalue weighted by atomic mass is 32.2. The second-order valence-electron chi connectivity index (χ2n) is 6.10. The number of nitrogens with two attached hydrogens (primary N) is 1. The number of hydrogen-bond acceptors (Lipinski definition) is 6. The van der Waals surface area contributed by atoms with Gasteiger partial charge in [-0.2, -0.15) is 11.8 Å². The van der Waals surface area contributed by atoms with Crippen LogP contribution in [0.3, 0.4) is 0 Å². The number of carbonyl (C=O) groups excluding carboxylic acids is 3. The van der Waals surface area contributed by atoms with Crippen molar-refractivity contribution in [1.29, 1.82) is 0 Å². The largest absolute Gasteiger partial charge is 0.480 e. The number of hydrogen-bond donors (Lipinski definition) is 5. The molecule has 0 fully saturated rings. The summed E-state index contributed by atoms with van der Waals surface area (Å²) < 4.78 is 0. The third-order valence-corrected chi connectivity index (χ3v) is 4.57. The highest BCUT2D eigenvalue weighted by Gasteiger charge is 2.28. The Morgan fingerprint density at radius 3 is 2.19 bits per heavy atom. The second kappa shape index (κ2) is 12.5. The van der Waals surface area contributed by atoms with Crippen molar-refractivity contribution in [2.24, 2.45) is 11.7 Å². The van der Waals surface area contributed by atoms with Crippen molar-refractivity contribution in [1.82, 2.24) is 16.0 Å². The monoisotopic (exact) mass is 390 g/mol. The molecule has 0 radical (unpaired) electrons. The lowest BCUT2D eigenvalue weighted by Crippen LogP contribution is -2.56. The maximum atomic E-state index is 12.3. The Balaban J connectivity index is 4.78. The van der Waals surface area contributed by atoms with Crippen LogP contribution in [-0.2, 0) is 19.2 Å². The minimum atomic E-state index is -1.17. The van der Waals surface area contributed by atoms with Crippen molar-refractivity contribution < 1.29 is 24.3 Å². The molecule has 0 aliphatic heterocycles. The topological polar surface area (TPSA) is 151 Å². The first-order chi connectivity index (χ1) is 12.1. The van der Waals surface area contributed by atoms with Crippen LogP contribution < -0.4 is 21.7 Å². The Kier molecular flexibility index (Phi) is 11.7. The van der Waals surface area contributed by atoms with Gasteiger partial charge in [-0.3, -0.25) is 19.2 Å². The van der Waals surface area contributed by atoms with Crippen LogP contribution in [0.15, 0.2) is 0 Å². The number of thioether (sulfide) groups is 1. The Hall–Kier alpha value is -1.81. The minimum Gasteiger partial charge on any atom is -0.480 e. The summed E-state index contributed by atoms with van der Waals surface area (Å²) in [5, 5.41) is 16.0. The standard InChI is InChI=1S/C16H30N4O5S/c1-5-9(2)13(16(25)18-8-12(21)22)20-14(23)10(3)19-15(24)11(17)6-7-26-4/h9-11,13H,5-8,17H2,1-4H3,(H,18,25)(H,19,24)(H,20,23)(H,21,22). The van der Waals surface area contributed by atoms with Crippen LogP contribution in [0.1, 0.15) is 33.6 Å². The summed E-state index contributed by atoms with van der Waals surface area (Å²) in [6.07, 6.45) is 3.01. The van der Waals surface area contributed by atoms with Crippen molar-refractivity contribution in [2.45, 2.75) is 51.7 Å². The van der Waals surface area contributed by atoms with E-state index in [2.05, 4.69) is 16.0 Å². The summed E-state index contributed by atoms with van der Waals surface area (Å²) >= 11 is 1.57. The molecule has 4 atom stereocenters. The molecule has 150 valence electrons. The first-order valence-corrected chi connectivity index (χ1v) is 9.88. The van der Waals surface area contributed by atoms with Crippen LogP contribution in [0.25, 0.3) is 0 Å². The zero-order valence-corrected chi connectivity index (χ0v) is 16.5. The van der Waals surface area contributed by atoms with Gasteiger partial charge in [0.05, 0.1) is 6.04 Å². The molecule has 0 spiro atoms. The van der Waals surface area contributed by atoms with Gasteiger partial charge in [0.1, 0.15) is 18.6 Å². The molecular weight excluding hydrogens is 360 g/mol. The van der Waals surface area contributed by atoms with Crippen LogP contribution in [0.5, 0.6) is 0 Å². The molecule has 0 aromatic heterocycles. The summed E-state index contributed by atoms with van der Waals surface area (Å²) in [5.41, 5.74) is 5.76. The van der Waals surface area contributed by atoms with Crippen molar-refractivity contribution in [3.8, 4) is 0 Å². The summed E-state index contributed by atoms with van der Waals surface area (Å²) in [5.74, 6) is -2.20. The molecule has 0 aromatic carbocycles. The van der Waals surface area contributed by atoms with Gasteiger partial charge in [-0.25, -0.2) is 0 Å². The van der Waals surface area contributed by atoms with Gasteiger partial charge in [0, 0.05) is 0 Å². The summed E-state index contributed by atoms with van der Waals surface area (Å²) in [7, 11) is 0. The molecule has 0 heterocycles. The minimum absolute atomic E-state index is 0.209. The number of carbonyl (C=O) groups is 4. The van der Waals surface area contributed by atoms with Gasteiger partial charge in [0.2, 0.25) is 17.7 Å². The Morgan fingerprint density at radius 1 is 1.08 bits per heavy atom. The van der Waals surface area contributed by atoms with Gasteiger partial charge in [0.15, 0.2) is 0 Å². The van der Waals surface area contributed by atoms with E-state index in [1.807, 2.05) is 13.2 Å². The van der Waals surface area contributed by atoms with E-state index in [1.54, 1.807) is 18.7 Å². The molecular formula is C16H30N4O5S. The predicted molar refractivity (Wildman–Crippen MR) is 101 cm³/mol. The fraction of sp³-hybridized carbons (Fsp3) is 0.750. The number of nitrogens with one attached hydrogen (secondary N) is 3. The summed E-state index contributed by atoms with van der Waals surface area (Å²) in [6.45, 7) is 4.59. The van der Waals surface area contributed by atoms with Crippen molar-refractivity contribution in [3.05, 3.63) is 0 Å². The summed E-state index contributed by atoms with van der Waals surface area (Å²) in [6, 6.07) is -2.47. The van der Waals surface area contributed by atoms with Gasteiger partial charge in [0.25, 0.3) is 0 Å². The number of carboxylic acids is 1. The zero-order valence-electron chi connectivity index (χ0n) is 15.7. The van der Waals surface area contributed by atoms with Crippen LogP contribution in [0.4, 0.5) is 0 Å². The number of carboxylic acid groups (broad SMARTS) is 1. The second-order valence-corrected chi connectivity index (χ2v) is 7.09. The average molecular weight is 391 g/mol. The molecule has 0 saturated heterocycles. The van der Waals surface area contributed by atoms with E-state index in [4.69, 9.17) is 10.8 Å². The summed E-state index contributed by atoms with van der Waals surface area (Å²) in [4.78, 5) is 47.1. The molecule has 3 amide bonds. The first kappa shape index (κ1) is 24.2. The normalized spacial score (nSPS) is 15.3. The van der Waals surface area contributed by atoms with Gasteiger partial charge < -0.3 is 26.8 Å². The van der Waals surface area contributed by atoms with E-state index >= 15 is 0 Å². The molecule has 4 unspecified atom stereocenters. The van der Waals surface area contributed by atoms with Crippen LogP contribution in [0, 0.1) is 5.92 Å². The van der Waals surface area contributed by atoms with E-state index in [0.717, 1.165) is 5.75 Å². The molecule has 0 aliphatic carbocycles. The SMILES string of the molecule is CCC(C)C(NC(=O)C(C)NC(=O)C(N)CCSC)C(=O)NCC(=O)O. The average Bonchev–Trinajstić information content (AvgIpc) is 2.60. The Labute approximate surface area is 158 Å². The van der Waals surface area contributed by atoms with Crippen LogP contribution >= 0.6 is 11.8 Å². The third-order valence-electron chi connectivity index (χ3n) is 3.93. The highest BCUT2D eigenvalue weighted by molar-refractivity contribution is 7.98. The van der Waals surface area contributed by atoms with Crippen molar-refractivity contribution >= 4 is 35.5 Å². The zero-order chi connectivity index (χ0) is 20.3.